The van der Waals surface area contributed by atoms with E-state index in [0.29, 0.717) is 25.2 Å². The Kier molecular flexibility index (Phi) is 11.0. The summed E-state index contributed by atoms with van der Waals surface area (Å²) >= 11 is 0. The van der Waals surface area contributed by atoms with Gasteiger partial charge in [0, 0.05) is 26.1 Å². The number of benzene rings is 2. The van der Waals surface area contributed by atoms with Crippen LogP contribution in [0.5, 0.6) is 0 Å². The van der Waals surface area contributed by atoms with Gasteiger partial charge < -0.3 is 10.2 Å². The first kappa shape index (κ1) is 29.4. The van der Waals surface area contributed by atoms with Crippen LogP contribution in [0, 0.1) is 20.8 Å². The summed E-state index contributed by atoms with van der Waals surface area (Å²) in [5, 5.41) is 2.92. The van der Waals surface area contributed by atoms with Crippen molar-refractivity contribution in [1.82, 2.24) is 10.2 Å². The van der Waals surface area contributed by atoms with Gasteiger partial charge in [0.05, 0.1) is 11.9 Å². The fourth-order valence-electron chi connectivity index (χ4n) is 3.97. The number of nitrogens with one attached hydrogen (secondary N) is 1. The van der Waals surface area contributed by atoms with E-state index in [1.165, 1.54) is 10.6 Å². The summed E-state index contributed by atoms with van der Waals surface area (Å²) in [5.41, 5.74) is 4.71. The molecule has 1 atom stereocenters. The molecule has 198 valence electrons. The average Bonchev–Trinajstić information content (AvgIpc) is 2.82. The SMILES string of the molecule is CCCCNC(=O)[C@H](C)N(Cc1ccccc1C)C(=O)CCCN(c1ccc(C)c(C)c1)S(C)(=O)=O. The van der Waals surface area contributed by atoms with Crippen LogP contribution in [0.15, 0.2) is 42.5 Å². The molecule has 7 nitrogen and oxygen atoms in total. The number of rotatable bonds is 13. The molecule has 0 unspecified atom stereocenters. The van der Waals surface area contributed by atoms with Gasteiger partial charge in [-0.2, -0.15) is 0 Å². The molecule has 0 aromatic heterocycles. The van der Waals surface area contributed by atoms with Crippen LogP contribution < -0.4 is 9.62 Å². The number of hydrogen-bond acceptors (Lipinski definition) is 4. The summed E-state index contributed by atoms with van der Waals surface area (Å²) in [4.78, 5) is 27.8. The molecule has 0 saturated heterocycles. The Bertz CT molecular complexity index is 1150. The largest absolute Gasteiger partial charge is 0.354 e. The molecule has 0 fully saturated rings. The first-order valence-corrected chi connectivity index (χ1v) is 14.5. The maximum absolute atomic E-state index is 13.4. The predicted octanol–water partition coefficient (Wildman–Crippen LogP) is 4.49. The van der Waals surface area contributed by atoms with Gasteiger partial charge in [-0.15, -0.1) is 0 Å². The number of amides is 2. The van der Waals surface area contributed by atoms with Crippen molar-refractivity contribution >= 4 is 27.5 Å². The van der Waals surface area contributed by atoms with E-state index in [0.717, 1.165) is 35.1 Å². The lowest BCUT2D eigenvalue weighted by Crippen LogP contribution is -2.48. The first-order chi connectivity index (χ1) is 17.0. The molecule has 2 aromatic rings. The quantitative estimate of drug-likeness (QED) is 0.398. The van der Waals surface area contributed by atoms with Crippen LogP contribution in [0.4, 0.5) is 5.69 Å². The predicted molar refractivity (Wildman–Crippen MR) is 146 cm³/mol. The number of carbonyl (C=O) groups is 2. The Morgan fingerprint density at radius 1 is 0.972 bits per heavy atom. The minimum atomic E-state index is -3.52. The van der Waals surface area contributed by atoms with Crippen molar-refractivity contribution in [3.63, 3.8) is 0 Å². The minimum Gasteiger partial charge on any atom is -0.354 e. The molecule has 0 saturated carbocycles. The van der Waals surface area contributed by atoms with Gasteiger partial charge in [0.25, 0.3) is 0 Å². The maximum atomic E-state index is 13.4. The molecule has 2 amide bonds. The number of carbonyl (C=O) groups excluding carboxylic acids is 2. The van der Waals surface area contributed by atoms with E-state index in [1.807, 2.05) is 57.2 Å². The monoisotopic (exact) mass is 515 g/mol. The topological polar surface area (TPSA) is 86.8 Å². The van der Waals surface area contributed by atoms with Gasteiger partial charge >= 0.3 is 0 Å². The van der Waals surface area contributed by atoms with Crippen LogP contribution in [-0.4, -0.2) is 50.5 Å². The Morgan fingerprint density at radius 3 is 2.28 bits per heavy atom. The molecular weight excluding hydrogens is 474 g/mol. The summed E-state index contributed by atoms with van der Waals surface area (Å²) in [5.74, 6) is -0.358. The average molecular weight is 516 g/mol. The van der Waals surface area contributed by atoms with Gasteiger partial charge in [-0.25, -0.2) is 8.42 Å². The van der Waals surface area contributed by atoms with Gasteiger partial charge in [0.15, 0.2) is 0 Å². The van der Waals surface area contributed by atoms with E-state index in [-0.39, 0.29) is 24.8 Å². The van der Waals surface area contributed by atoms with E-state index in [2.05, 4.69) is 12.2 Å². The van der Waals surface area contributed by atoms with E-state index in [9.17, 15) is 18.0 Å². The fraction of sp³-hybridized carbons (Fsp3) is 0.500. The first-order valence-electron chi connectivity index (χ1n) is 12.6. The van der Waals surface area contributed by atoms with Gasteiger partial charge in [0.1, 0.15) is 6.04 Å². The van der Waals surface area contributed by atoms with Crippen molar-refractivity contribution < 1.29 is 18.0 Å². The molecule has 2 rings (SSSR count). The number of unbranched alkanes of at least 4 members (excludes halogenated alkanes) is 1. The molecule has 1 N–H and O–H groups in total. The summed E-state index contributed by atoms with van der Waals surface area (Å²) in [6, 6.07) is 12.7. The van der Waals surface area contributed by atoms with Gasteiger partial charge in [-0.3, -0.25) is 13.9 Å². The Labute approximate surface area is 216 Å². The second kappa shape index (κ2) is 13.4. The lowest BCUT2D eigenvalue weighted by atomic mass is 10.1. The van der Waals surface area contributed by atoms with Gasteiger partial charge in [0.2, 0.25) is 21.8 Å². The van der Waals surface area contributed by atoms with E-state index < -0.39 is 16.1 Å². The van der Waals surface area contributed by atoms with Crippen molar-refractivity contribution in [2.24, 2.45) is 0 Å². The molecule has 0 aliphatic carbocycles. The molecule has 0 bridgehead atoms. The third-order valence-electron chi connectivity index (χ3n) is 6.53. The van der Waals surface area contributed by atoms with Gasteiger partial charge in [-0.05, 0) is 74.9 Å². The van der Waals surface area contributed by atoms with Crippen LogP contribution in [0.2, 0.25) is 0 Å². The van der Waals surface area contributed by atoms with E-state index >= 15 is 0 Å². The third-order valence-corrected chi connectivity index (χ3v) is 7.72. The van der Waals surface area contributed by atoms with Crippen LogP contribution >= 0.6 is 0 Å². The molecule has 36 heavy (non-hydrogen) atoms. The zero-order chi connectivity index (χ0) is 26.9. The molecule has 0 radical (unpaired) electrons. The highest BCUT2D eigenvalue weighted by atomic mass is 32.2. The van der Waals surface area contributed by atoms with Crippen molar-refractivity contribution in [1.29, 1.82) is 0 Å². The van der Waals surface area contributed by atoms with Crippen LogP contribution in [0.1, 0.15) is 61.8 Å². The molecule has 8 heteroatoms. The summed E-state index contributed by atoms with van der Waals surface area (Å²) in [6.45, 7) is 10.8. The van der Waals surface area contributed by atoms with Crippen molar-refractivity contribution in [3.8, 4) is 0 Å². The molecule has 0 aliphatic heterocycles. The van der Waals surface area contributed by atoms with Crippen LogP contribution in [0.25, 0.3) is 0 Å². The standard InChI is InChI=1S/C28H41N3O4S/c1-7-8-17-29-28(33)24(5)30(20-25-13-10-9-12-22(25)3)27(32)14-11-18-31(36(6,34)35)26-16-15-21(2)23(4)19-26/h9-10,12-13,15-16,19,24H,7-8,11,14,17-18,20H2,1-6H3,(H,29,33)/t24-/m0/s1. The number of hydrogen-bond donors (Lipinski definition) is 1. The molecular formula is C28H41N3O4S. The smallest absolute Gasteiger partial charge is 0.242 e. The third kappa shape index (κ3) is 8.36. The van der Waals surface area contributed by atoms with Gasteiger partial charge in [-0.1, -0.05) is 43.7 Å². The van der Waals surface area contributed by atoms with Crippen LogP contribution in [-0.2, 0) is 26.2 Å². The Hall–Kier alpha value is -2.87. The van der Waals surface area contributed by atoms with Crippen molar-refractivity contribution in [2.45, 2.75) is 72.9 Å². The lowest BCUT2D eigenvalue weighted by Gasteiger charge is -2.30. The van der Waals surface area contributed by atoms with E-state index in [1.54, 1.807) is 17.9 Å². The second-order valence-corrected chi connectivity index (χ2v) is 11.4. The number of sulfonamides is 1. The number of nitrogens with zero attached hydrogens (tertiary/aromatic N) is 2. The maximum Gasteiger partial charge on any atom is 0.242 e. The zero-order valence-corrected chi connectivity index (χ0v) is 23.3. The zero-order valence-electron chi connectivity index (χ0n) is 22.5. The molecule has 0 heterocycles. The van der Waals surface area contributed by atoms with E-state index in [4.69, 9.17) is 0 Å². The highest BCUT2D eigenvalue weighted by Gasteiger charge is 2.27. The van der Waals surface area contributed by atoms with Crippen molar-refractivity contribution in [2.75, 3.05) is 23.7 Å². The summed E-state index contributed by atoms with van der Waals surface area (Å²) < 4.78 is 26.4. The highest BCUT2D eigenvalue weighted by Crippen LogP contribution is 2.22. The Balaban J connectivity index is 2.17. The molecule has 0 spiro atoms. The van der Waals surface area contributed by atoms with Crippen molar-refractivity contribution in [3.05, 3.63) is 64.7 Å². The van der Waals surface area contributed by atoms with Crippen LogP contribution in [0.3, 0.4) is 0 Å². The lowest BCUT2D eigenvalue weighted by molar-refractivity contribution is -0.140. The summed E-state index contributed by atoms with van der Waals surface area (Å²) in [6.07, 6.45) is 3.50. The number of anilines is 1. The number of aryl methyl sites for hydroxylation is 3. The normalized spacial score (nSPS) is 12.2. The summed E-state index contributed by atoms with van der Waals surface area (Å²) in [7, 11) is -3.52. The molecule has 2 aromatic carbocycles. The molecule has 0 aliphatic rings. The Morgan fingerprint density at radius 2 is 1.67 bits per heavy atom. The highest BCUT2D eigenvalue weighted by molar-refractivity contribution is 7.92. The second-order valence-electron chi connectivity index (χ2n) is 9.48. The minimum absolute atomic E-state index is 0.134. The fourth-order valence-corrected chi connectivity index (χ4v) is 4.93.